The predicted octanol–water partition coefficient (Wildman–Crippen LogP) is 2.35. The first-order chi connectivity index (χ1) is 8.97. The van der Waals surface area contributed by atoms with E-state index in [0.717, 1.165) is 25.7 Å². The van der Waals surface area contributed by atoms with E-state index < -0.39 is 0 Å². The van der Waals surface area contributed by atoms with Crippen molar-refractivity contribution in [3.63, 3.8) is 0 Å². The van der Waals surface area contributed by atoms with Crippen LogP contribution in [0.25, 0.3) is 0 Å². The van der Waals surface area contributed by atoms with Crippen LogP contribution in [0.2, 0.25) is 0 Å². The van der Waals surface area contributed by atoms with E-state index in [1.165, 1.54) is 7.11 Å². The van der Waals surface area contributed by atoms with E-state index in [9.17, 15) is 9.59 Å². The molecule has 0 radical (unpaired) electrons. The zero-order chi connectivity index (χ0) is 14.0. The molecule has 4 heteroatoms. The van der Waals surface area contributed by atoms with Gasteiger partial charge in [0.15, 0.2) is 0 Å². The summed E-state index contributed by atoms with van der Waals surface area (Å²) in [5, 5.41) is 0. The lowest BCUT2D eigenvalue weighted by molar-refractivity contribution is -0.147. The lowest BCUT2D eigenvalue weighted by Crippen LogP contribution is -2.37. The quantitative estimate of drug-likeness (QED) is 0.718. The summed E-state index contributed by atoms with van der Waals surface area (Å²) in [6.45, 7) is 4.52. The zero-order valence-corrected chi connectivity index (χ0v) is 12.1. The molecule has 2 atom stereocenters. The van der Waals surface area contributed by atoms with E-state index in [1.807, 2.05) is 13.8 Å². The standard InChI is InChI=1S/C15H24O4/c1-10(2)14(17)12(8-13(16)18-3)11-4-7-19-15(9-11)5-6-15/h10-12H,4-9H2,1-3H3. The molecule has 19 heavy (non-hydrogen) atoms. The number of ether oxygens (including phenoxy) is 2. The summed E-state index contributed by atoms with van der Waals surface area (Å²) < 4.78 is 10.5. The van der Waals surface area contributed by atoms with Gasteiger partial charge in [-0.05, 0) is 31.6 Å². The van der Waals surface area contributed by atoms with Gasteiger partial charge in [0.05, 0.1) is 19.1 Å². The van der Waals surface area contributed by atoms with E-state index in [-0.39, 0.29) is 41.5 Å². The van der Waals surface area contributed by atoms with Gasteiger partial charge in [0.25, 0.3) is 0 Å². The molecule has 4 nitrogen and oxygen atoms in total. The molecule has 0 bridgehead atoms. The Morgan fingerprint density at radius 1 is 1.37 bits per heavy atom. The minimum Gasteiger partial charge on any atom is -0.469 e. The van der Waals surface area contributed by atoms with Crippen LogP contribution >= 0.6 is 0 Å². The number of carbonyl (C=O) groups is 2. The number of methoxy groups -OCH3 is 1. The fourth-order valence-corrected chi connectivity index (χ4v) is 3.09. The smallest absolute Gasteiger partial charge is 0.306 e. The van der Waals surface area contributed by atoms with E-state index >= 15 is 0 Å². The number of ketones is 1. The minimum absolute atomic E-state index is 0.0346. The monoisotopic (exact) mass is 268 g/mol. The molecule has 108 valence electrons. The molecule has 0 aromatic heterocycles. The average molecular weight is 268 g/mol. The largest absolute Gasteiger partial charge is 0.469 e. The van der Waals surface area contributed by atoms with Crippen LogP contribution in [0.5, 0.6) is 0 Å². The van der Waals surface area contributed by atoms with Crippen molar-refractivity contribution in [3.05, 3.63) is 0 Å². The first kappa shape index (κ1) is 14.5. The van der Waals surface area contributed by atoms with E-state index in [0.29, 0.717) is 6.61 Å². The Labute approximate surface area is 114 Å². The number of hydrogen-bond donors (Lipinski definition) is 0. The lowest BCUT2D eigenvalue weighted by atomic mass is 9.76. The number of Topliss-reactive ketones (excluding diaryl/α,β-unsaturated/α-hetero) is 1. The SMILES string of the molecule is COC(=O)CC(C(=O)C(C)C)C1CCOC2(CC2)C1. The molecule has 2 fully saturated rings. The average Bonchev–Trinajstić information content (AvgIpc) is 3.13. The molecule has 1 spiro atoms. The number of esters is 1. The normalized spacial score (nSPS) is 26.2. The van der Waals surface area contributed by atoms with Crippen LogP contribution in [0.4, 0.5) is 0 Å². The summed E-state index contributed by atoms with van der Waals surface area (Å²) in [6, 6.07) is 0. The van der Waals surface area contributed by atoms with Crippen molar-refractivity contribution in [2.75, 3.05) is 13.7 Å². The summed E-state index contributed by atoms with van der Waals surface area (Å²) in [6.07, 6.45) is 4.22. The summed E-state index contributed by atoms with van der Waals surface area (Å²) in [5.41, 5.74) is 0.0363. The Morgan fingerprint density at radius 3 is 2.58 bits per heavy atom. The summed E-state index contributed by atoms with van der Waals surface area (Å²) in [4.78, 5) is 23.9. The van der Waals surface area contributed by atoms with Gasteiger partial charge in [-0.2, -0.15) is 0 Å². The van der Waals surface area contributed by atoms with Gasteiger partial charge < -0.3 is 9.47 Å². The molecular formula is C15H24O4. The lowest BCUT2D eigenvalue weighted by Gasteiger charge is -2.34. The Kier molecular flexibility index (Phi) is 4.29. The molecule has 0 aromatic carbocycles. The molecule has 0 amide bonds. The third-order valence-electron chi connectivity index (χ3n) is 4.46. The molecule has 1 heterocycles. The highest BCUT2D eigenvalue weighted by molar-refractivity contribution is 5.87. The van der Waals surface area contributed by atoms with Crippen molar-refractivity contribution in [2.24, 2.45) is 17.8 Å². The first-order valence-electron chi connectivity index (χ1n) is 7.22. The van der Waals surface area contributed by atoms with Crippen LogP contribution in [0.15, 0.2) is 0 Å². The Bertz CT molecular complexity index is 357. The van der Waals surface area contributed by atoms with Crippen molar-refractivity contribution < 1.29 is 19.1 Å². The second-order valence-electron chi connectivity index (χ2n) is 6.23. The Morgan fingerprint density at radius 2 is 2.05 bits per heavy atom. The van der Waals surface area contributed by atoms with E-state index in [2.05, 4.69) is 0 Å². The van der Waals surface area contributed by atoms with E-state index in [4.69, 9.17) is 9.47 Å². The van der Waals surface area contributed by atoms with Crippen molar-refractivity contribution >= 4 is 11.8 Å². The van der Waals surface area contributed by atoms with Gasteiger partial charge in [-0.1, -0.05) is 13.8 Å². The molecule has 0 N–H and O–H groups in total. The fourth-order valence-electron chi connectivity index (χ4n) is 3.09. The van der Waals surface area contributed by atoms with Gasteiger partial charge >= 0.3 is 5.97 Å². The third-order valence-corrected chi connectivity index (χ3v) is 4.46. The van der Waals surface area contributed by atoms with Crippen LogP contribution in [0.3, 0.4) is 0 Å². The Balaban J connectivity index is 2.07. The maximum Gasteiger partial charge on any atom is 0.306 e. The van der Waals surface area contributed by atoms with Gasteiger partial charge in [0.2, 0.25) is 0 Å². The van der Waals surface area contributed by atoms with Gasteiger partial charge in [-0.3, -0.25) is 9.59 Å². The second kappa shape index (κ2) is 5.61. The number of hydrogen-bond acceptors (Lipinski definition) is 4. The van der Waals surface area contributed by atoms with Crippen molar-refractivity contribution in [3.8, 4) is 0 Å². The highest BCUT2D eigenvalue weighted by Gasteiger charge is 2.50. The highest BCUT2D eigenvalue weighted by atomic mass is 16.5. The van der Waals surface area contributed by atoms with E-state index in [1.54, 1.807) is 0 Å². The third kappa shape index (κ3) is 3.35. The molecule has 1 saturated heterocycles. The Hall–Kier alpha value is -0.900. The van der Waals surface area contributed by atoms with Crippen molar-refractivity contribution in [1.29, 1.82) is 0 Å². The van der Waals surface area contributed by atoms with Crippen LogP contribution in [-0.2, 0) is 19.1 Å². The number of rotatable bonds is 5. The molecule has 1 saturated carbocycles. The van der Waals surface area contributed by atoms with Crippen molar-refractivity contribution in [1.82, 2.24) is 0 Å². The number of carbonyl (C=O) groups excluding carboxylic acids is 2. The first-order valence-corrected chi connectivity index (χ1v) is 7.22. The van der Waals surface area contributed by atoms with Gasteiger partial charge in [-0.15, -0.1) is 0 Å². The van der Waals surface area contributed by atoms with Gasteiger partial charge in [0.1, 0.15) is 5.78 Å². The van der Waals surface area contributed by atoms with Crippen LogP contribution in [0.1, 0.15) is 46.0 Å². The molecule has 1 aliphatic heterocycles. The fraction of sp³-hybridized carbons (Fsp3) is 0.867. The van der Waals surface area contributed by atoms with Gasteiger partial charge in [-0.25, -0.2) is 0 Å². The molecule has 0 aromatic rings. The van der Waals surface area contributed by atoms with Gasteiger partial charge in [0, 0.05) is 18.4 Å². The van der Waals surface area contributed by atoms with Crippen molar-refractivity contribution in [2.45, 2.75) is 51.6 Å². The predicted molar refractivity (Wildman–Crippen MR) is 70.6 cm³/mol. The maximum absolute atomic E-state index is 12.4. The van der Waals surface area contributed by atoms with Crippen LogP contribution in [-0.4, -0.2) is 31.1 Å². The molecule has 2 unspecified atom stereocenters. The maximum atomic E-state index is 12.4. The van der Waals surface area contributed by atoms with Crippen LogP contribution in [0, 0.1) is 17.8 Å². The summed E-state index contributed by atoms with van der Waals surface area (Å²) >= 11 is 0. The second-order valence-corrected chi connectivity index (χ2v) is 6.23. The summed E-state index contributed by atoms with van der Waals surface area (Å²) in [5.74, 6) is -0.0600. The summed E-state index contributed by atoms with van der Waals surface area (Å²) in [7, 11) is 1.38. The topological polar surface area (TPSA) is 52.6 Å². The molecule has 1 aliphatic carbocycles. The minimum atomic E-state index is -0.282. The molecule has 2 rings (SSSR count). The highest BCUT2D eigenvalue weighted by Crippen LogP contribution is 2.50. The molecule has 2 aliphatic rings. The van der Waals surface area contributed by atoms with Crippen LogP contribution < -0.4 is 0 Å². The molecular weight excluding hydrogens is 244 g/mol. The zero-order valence-electron chi connectivity index (χ0n) is 12.1.